The van der Waals surface area contributed by atoms with Crippen LogP contribution in [0.5, 0.6) is 0 Å². The van der Waals surface area contributed by atoms with E-state index < -0.39 is 5.97 Å². The maximum atomic E-state index is 12.3. The van der Waals surface area contributed by atoms with E-state index in [1.165, 1.54) is 0 Å². The molecule has 4 nitrogen and oxygen atoms in total. The highest BCUT2D eigenvalue weighted by atomic mass is 32.2. The lowest BCUT2D eigenvalue weighted by Gasteiger charge is -2.21. The molecule has 102 valence electrons. The molecule has 0 spiro atoms. The standard InChI is InChI=1S/C14H17NO3S/c1-9(8-19-2)13(16)15-6-5-10-3-4-11(14(17)18)7-12(10)15/h3-4,7,9H,5-6,8H2,1-2H3,(H,17,18). The fourth-order valence-corrected chi connectivity index (χ4v) is 2.97. The van der Waals surface area contributed by atoms with Crippen molar-refractivity contribution < 1.29 is 14.7 Å². The van der Waals surface area contributed by atoms with Gasteiger partial charge in [0.25, 0.3) is 0 Å². The molecule has 2 rings (SSSR count). The zero-order valence-electron chi connectivity index (χ0n) is 11.0. The lowest BCUT2D eigenvalue weighted by molar-refractivity contribution is -0.121. The highest BCUT2D eigenvalue weighted by Gasteiger charge is 2.28. The van der Waals surface area contributed by atoms with Crippen LogP contribution in [0.2, 0.25) is 0 Å². The predicted molar refractivity (Wildman–Crippen MR) is 77.0 cm³/mol. The first-order valence-corrected chi connectivity index (χ1v) is 7.60. The number of carboxylic acids is 1. The van der Waals surface area contributed by atoms with Gasteiger partial charge in [0.15, 0.2) is 0 Å². The van der Waals surface area contributed by atoms with Crippen molar-refractivity contribution in [2.24, 2.45) is 5.92 Å². The molecule has 0 bridgehead atoms. The molecular formula is C14H17NO3S. The molecule has 1 amide bonds. The van der Waals surface area contributed by atoms with E-state index in [1.807, 2.05) is 19.2 Å². The molecule has 1 aliphatic rings. The van der Waals surface area contributed by atoms with Gasteiger partial charge in [-0.3, -0.25) is 4.79 Å². The Labute approximate surface area is 116 Å². The molecule has 19 heavy (non-hydrogen) atoms. The first-order valence-electron chi connectivity index (χ1n) is 6.21. The lowest BCUT2D eigenvalue weighted by Crippen LogP contribution is -2.34. The van der Waals surface area contributed by atoms with Crippen LogP contribution in [0.3, 0.4) is 0 Å². The van der Waals surface area contributed by atoms with Crippen LogP contribution in [0.4, 0.5) is 5.69 Å². The second-order valence-electron chi connectivity index (χ2n) is 4.74. The van der Waals surface area contributed by atoms with Crippen LogP contribution < -0.4 is 4.90 Å². The molecule has 1 atom stereocenters. The Morgan fingerprint density at radius 2 is 2.21 bits per heavy atom. The van der Waals surface area contributed by atoms with Crippen LogP contribution in [0.1, 0.15) is 22.8 Å². The largest absolute Gasteiger partial charge is 0.478 e. The van der Waals surface area contributed by atoms with Crippen molar-refractivity contribution >= 4 is 29.3 Å². The molecular weight excluding hydrogens is 262 g/mol. The van der Waals surface area contributed by atoms with Crippen molar-refractivity contribution in [3.05, 3.63) is 29.3 Å². The highest BCUT2D eigenvalue weighted by Crippen LogP contribution is 2.30. The number of carbonyl (C=O) groups excluding carboxylic acids is 1. The van der Waals surface area contributed by atoms with E-state index in [9.17, 15) is 9.59 Å². The molecule has 1 unspecified atom stereocenters. The fourth-order valence-electron chi connectivity index (χ4n) is 2.33. The normalized spacial score (nSPS) is 15.2. The van der Waals surface area contributed by atoms with E-state index >= 15 is 0 Å². The molecule has 0 radical (unpaired) electrons. The van der Waals surface area contributed by atoms with Crippen LogP contribution >= 0.6 is 11.8 Å². The quantitative estimate of drug-likeness (QED) is 0.918. The Balaban J connectivity index is 2.27. The smallest absolute Gasteiger partial charge is 0.335 e. The number of thioether (sulfide) groups is 1. The first kappa shape index (κ1) is 13.9. The average Bonchev–Trinajstić information content (AvgIpc) is 2.80. The van der Waals surface area contributed by atoms with Crippen molar-refractivity contribution in [1.82, 2.24) is 0 Å². The van der Waals surface area contributed by atoms with Crippen molar-refractivity contribution in [2.45, 2.75) is 13.3 Å². The number of fused-ring (bicyclic) bond motifs is 1. The van der Waals surface area contributed by atoms with Crippen molar-refractivity contribution in [3.63, 3.8) is 0 Å². The van der Waals surface area contributed by atoms with E-state index in [-0.39, 0.29) is 17.4 Å². The van der Waals surface area contributed by atoms with Gasteiger partial charge in [-0.05, 0) is 30.4 Å². The fraction of sp³-hybridized carbons (Fsp3) is 0.429. The third-order valence-electron chi connectivity index (χ3n) is 3.33. The summed E-state index contributed by atoms with van der Waals surface area (Å²) in [7, 11) is 0. The summed E-state index contributed by atoms with van der Waals surface area (Å²) in [5.41, 5.74) is 2.04. The van der Waals surface area contributed by atoms with E-state index in [0.29, 0.717) is 6.54 Å². The van der Waals surface area contributed by atoms with Crippen LogP contribution in [-0.4, -0.2) is 35.5 Å². The van der Waals surface area contributed by atoms with E-state index in [2.05, 4.69) is 0 Å². The molecule has 0 aliphatic carbocycles. The molecule has 0 fully saturated rings. The summed E-state index contributed by atoms with van der Waals surface area (Å²) < 4.78 is 0. The van der Waals surface area contributed by atoms with Gasteiger partial charge in [0.2, 0.25) is 5.91 Å². The zero-order chi connectivity index (χ0) is 14.0. The SMILES string of the molecule is CSCC(C)C(=O)N1CCc2ccc(C(=O)O)cc21. The number of amides is 1. The zero-order valence-corrected chi connectivity index (χ0v) is 11.9. The number of rotatable bonds is 4. The summed E-state index contributed by atoms with van der Waals surface area (Å²) in [5.74, 6) is -0.146. The summed E-state index contributed by atoms with van der Waals surface area (Å²) >= 11 is 1.64. The first-order chi connectivity index (χ1) is 9.04. The average molecular weight is 279 g/mol. The number of anilines is 1. The minimum atomic E-state index is -0.959. The Bertz CT molecular complexity index is 515. The topological polar surface area (TPSA) is 57.6 Å². The molecule has 5 heteroatoms. The number of carboxylic acid groups (broad SMARTS) is 1. The van der Waals surface area contributed by atoms with Gasteiger partial charge in [0.05, 0.1) is 5.56 Å². The number of carbonyl (C=O) groups is 2. The summed E-state index contributed by atoms with van der Waals surface area (Å²) in [6, 6.07) is 5.01. The Hall–Kier alpha value is -1.49. The predicted octanol–water partition coefficient (Wildman–Crippen LogP) is 2.27. The molecule has 1 heterocycles. The monoisotopic (exact) mass is 279 g/mol. The second kappa shape index (κ2) is 5.65. The summed E-state index contributed by atoms with van der Waals surface area (Å²) in [5, 5.41) is 9.03. The number of aromatic carboxylic acids is 1. The lowest BCUT2D eigenvalue weighted by atomic mass is 10.1. The maximum absolute atomic E-state index is 12.3. The minimum absolute atomic E-state index is 0.0468. The van der Waals surface area contributed by atoms with E-state index in [0.717, 1.165) is 23.4 Å². The van der Waals surface area contributed by atoms with Crippen LogP contribution in [0, 0.1) is 5.92 Å². The third-order valence-corrected chi connectivity index (χ3v) is 4.17. The van der Waals surface area contributed by atoms with Gasteiger partial charge in [0, 0.05) is 23.9 Å². The van der Waals surface area contributed by atoms with Crippen LogP contribution in [0.25, 0.3) is 0 Å². The van der Waals surface area contributed by atoms with Crippen molar-refractivity contribution in [3.8, 4) is 0 Å². The van der Waals surface area contributed by atoms with Gasteiger partial charge >= 0.3 is 5.97 Å². The van der Waals surface area contributed by atoms with Crippen LogP contribution in [0.15, 0.2) is 18.2 Å². The van der Waals surface area contributed by atoms with Crippen LogP contribution in [-0.2, 0) is 11.2 Å². The summed E-state index contributed by atoms with van der Waals surface area (Å²) in [6.07, 6.45) is 2.78. The third kappa shape index (κ3) is 2.76. The Morgan fingerprint density at radius 1 is 1.47 bits per heavy atom. The maximum Gasteiger partial charge on any atom is 0.335 e. The second-order valence-corrected chi connectivity index (χ2v) is 5.66. The van der Waals surface area contributed by atoms with Gasteiger partial charge in [-0.1, -0.05) is 13.0 Å². The van der Waals surface area contributed by atoms with Gasteiger partial charge in [-0.25, -0.2) is 4.79 Å². The van der Waals surface area contributed by atoms with Gasteiger partial charge in [-0.15, -0.1) is 0 Å². The van der Waals surface area contributed by atoms with Crippen molar-refractivity contribution in [1.29, 1.82) is 0 Å². The number of nitrogens with zero attached hydrogens (tertiary/aromatic N) is 1. The molecule has 1 aromatic carbocycles. The molecule has 1 aromatic rings. The Kier molecular flexibility index (Phi) is 4.14. The molecule has 1 N–H and O–H groups in total. The number of hydrogen-bond donors (Lipinski definition) is 1. The van der Waals surface area contributed by atoms with Gasteiger partial charge in [0.1, 0.15) is 0 Å². The molecule has 0 saturated carbocycles. The highest BCUT2D eigenvalue weighted by molar-refractivity contribution is 7.98. The summed E-state index contributed by atoms with van der Waals surface area (Å²) in [4.78, 5) is 25.1. The molecule has 0 saturated heterocycles. The van der Waals surface area contributed by atoms with Gasteiger partial charge < -0.3 is 10.0 Å². The van der Waals surface area contributed by atoms with Gasteiger partial charge in [-0.2, -0.15) is 11.8 Å². The number of hydrogen-bond acceptors (Lipinski definition) is 3. The van der Waals surface area contributed by atoms with E-state index in [4.69, 9.17) is 5.11 Å². The van der Waals surface area contributed by atoms with Crippen molar-refractivity contribution in [2.75, 3.05) is 23.5 Å². The Morgan fingerprint density at radius 3 is 2.84 bits per heavy atom. The summed E-state index contributed by atoms with van der Waals surface area (Å²) in [6.45, 7) is 2.56. The molecule has 0 aromatic heterocycles. The van der Waals surface area contributed by atoms with E-state index in [1.54, 1.807) is 28.8 Å². The molecule has 1 aliphatic heterocycles. The minimum Gasteiger partial charge on any atom is -0.478 e. The number of benzene rings is 1.